The highest BCUT2D eigenvalue weighted by Gasteiger charge is 2.21. The van der Waals surface area contributed by atoms with E-state index in [4.69, 9.17) is 4.52 Å². The van der Waals surface area contributed by atoms with Gasteiger partial charge in [-0.3, -0.25) is 4.90 Å². The maximum atomic E-state index is 5.57. The molecule has 2 aromatic heterocycles. The zero-order valence-electron chi connectivity index (χ0n) is 20.0. The molecule has 1 aromatic carbocycles. The molecule has 4 heterocycles. The van der Waals surface area contributed by atoms with Crippen LogP contribution in [0.15, 0.2) is 41.1 Å². The molecule has 0 bridgehead atoms. The van der Waals surface area contributed by atoms with Gasteiger partial charge in [0.05, 0.1) is 6.54 Å². The molecule has 1 atom stereocenters. The Labute approximate surface area is 196 Å². The molecule has 33 heavy (non-hydrogen) atoms. The van der Waals surface area contributed by atoms with Crippen LogP contribution >= 0.6 is 0 Å². The maximum absolute atomic E-state index is 5.57. The highest BCUT2D eigenvalue weighted by molar-refractivity contribution is 5.56. The number of aryl methyl sites for hydroxylation is 2. The Morgan fingerprint density at radius 3 is 2.61 bits per heavy atom. The summed E-state index contributed by atoms with van der Waals surface area (Å²) in [7, 11) is 0. The number of piperazine rings is 1. The quantitative estimate of drug-likeness (QED) is 0.579. The molecule has 2 aliphatic rings. The van der Waals surface area contributed by atoms with Crippen molar-refractivity contribution in [1.29, 1.82) is 0 Å². The molecule has 0 aliphatic carbocycles. The van der Waals surface area contributed by atoms with E-state index in [1.807, 2.05) is 6.20 Å². The van der Waals surface area contributed by atoms with Crippen LogP contribution in [0.3, 0.4) is 0 Å². The Morgan fingerprint density at radius 1 is 1.00 bits per heavy atom. The normalized spacial score (nSPS) is 19.8. The standard InChI is InChI=1S/C26H34N6O/c1-19-6-7-21(3)23(15-19)31-13-11-30(12-14-31)18-25-28-26(29-33-25)22-8-9-24(27-16-22)32-10-4-5-20(2)17-32/h6-9,15-16,20H,4-5,10-14,17-18H2,1-3H3/t20-/m0/s1. The second kappa shape index (κ2) is 9.51. The van der Waals surface area contributed by atoms with Crippen LogP contribution in [0.25, 0.3) is 11.4 Å². The number of piperidine rings is 1. The number of hydrogen-bond acceptors (Lipinski definition) is 7. The molecule has 0 spiro atoms. The molecular formula is C26H34N6O. The van der Waals surface area contributed by atoms with E-state index in [0.717, 1.165) is 56.6 Å². The van der Waals surface area contributed by atoms with Crippen LogP contribution in [0, 0.1) is 19.8 Å². The Balaban J connectivity index is 1.17. The van der Waals surface area contributed by atoms with E-state index < -0.39 is 0 Å². The second-order valence-electron chi connectivity index (χ2n) is 9.66. The zero-order chi connectivity index (χ0) is 22.8. The molecule has 7 heteroatoms. The maximum Gasteiger partial charge on any atom is 0.241 e. The first-order valence-corrected chi connectivity index (χ1v) is 12.1. The lowest BCUT2D eigenvalue weighted by molar-refractivity contribution is 0.215. The Kier molecular flexibility index (Phi) is 6.31. The molecular weight excluding hydrogens is 412 g/mol. The molecule has 0 radical (unpaired) electrons. The molecule has 0 N–H and O–H groups in total. The van der Waals surface area contributed by atoms with Crippen molar-refractivity contribution in [3.8, 4) is 11.4 Å². The SMILES string of the molecule is Cc1ccc(C)c(N2CCN(Cc3nc(-c4ccc(N5CCC[C@H](C)C5)nc4)no3)CC2)c1. The minimum absolute atomic E-state index is 0.616. The minimum atomic E-state index is 0.616. The van der Waals surface area contributed by atoms with Crippen LogP contribution in [0.1, 0.15) is 36.8 Å². The van der Waals surface area contributed by atoms with Gasteiger partial charge in [-0.2, -0.15) is 4.98 Å². The van der Waals surface area contributed by atoms with Gasteiger partial charge in [0.1, 0.15) is 5.82 Å². The van der Waals surface area contributed by atoms with E-state index in [0.29, 0.717) is 18.3 Å². The zero-order valence-corrected chi connectivity index (χ0v) is 20.0. The lowest BCUT2D eigenvalue weighted by Crippen LogP contribution is -2.46. The number of rotatable bonds is 5. The summed E-state index contributed by atoms with van der Waals surface area (Å²) in [6.07, 6.45) is 4.41. The van der Waals surface area contributed by atoms with Gasteiger partial charge in [-0.15, -0.1) is 0 Å². The molecule has 7 nitrogen and oxygen atoms in total. The molecule has 3 aromatic rings. The van der Waals surface area contributed by atoms with E-state index >= 15 is 0 Å². The summed E-state index contributed by atoms with van der Waals surface area (Å²) in [5.74, 6) is 3.04. The summed E-state index contributed by atoms with van der Waals surface area (Å²) in [6, 6.07) is 10.8. The largest absolute Gasteiger partial charge is 0.369 e. The number of aromatic nitrogens is 3. The lowest BCUT2D eigenvalue weighted by Gasteiger charge is -2.36. The van der Waals surface area contributed by atoms with Crippen LogP contribution < -0.4 is 9.80 Å². The third-order valence-corrected chi connectivity index (χ3v) is 6.89. The first kappa shape index (κ1) is 21.9. The predicted molar refractivity (Wildman–Crippen MR) is 132 cm³/mol. The van der Waals surface area contributed by atoms with E-state index in [-0.39, 0.29) is 0 Å². The molecule has 0 amide bonds. The first-order chi connectivity index (χ1) is 16.0. The van der Waals surface area contributed by atoms with E-state index in [1.165, 1.54) is 29.7 Å². The molecule has 2 aliphatic heterocycles. The van der Waals surface area contributed by atoms with Gasteiger partial charge in [0.25, 0.3) is 0 Å². The average molecular weight is 447 g/mol. The fourth-order valence-electron chi connectivity index (χ4n) is 4.94. The molecule has 0 saturated carbocycles. The van der Waals surface area contributed by atoms with Gasteiger partial charge in [0.15, 0.2) is 0 Å². The van der Waals surface area contributed by atoms with Gasteiger partial charge in [-0.1, -0.05) is 24.2 Å². The number of nitrogens with zero attached hydrogens (tertiary/aromatic N) is 6. The third-order valence-electron chi connectivity index (χ3n) is 6.89. The van der Waals surface area contributed by atoms with Crippen LogP contribution in [-0.4, -0.2) is 59.3 Å². The molecule has 5 rings (SSSR count). The van der Waals surface area contributed by atoms with Crippen molar-refractivity contribution in [1.82, 2.24) is 20.0 Å². The summed E-state index contributed by atoms with van der Waals surface area (Å²) in [4.78, 5) is 16.6. The summed E-state index contributed by atoms with van der Waals surface area (Å²) in [5, 5.41) is 4.21. The highest BCUT2D eigenvalue weighted by atomic mass is 16.5. The monoisotopic (exact) mass is 446 g/mol. The molecule has 2 fully saturated rings. The highest BCUT2D eigenvalue weighted by Crippen LogP contribution is 2.25. The van der Waals surface area contributed by atoms with Crippen molar-refractivity contribution in [3.63, 3.8) is 0 Å². The summed E-state index contributed by atoms with van der Waals surface area (Å²) in [6.45, 7) is 13.5. The van der Waals surface area contributed by atoms with E-state index in [1.54, 1.807) is 0 Å². The van der Waals surface area contributed by atoms with Gasteiger partial charge < -0.3 is 14.3 Å². The van der Waals surface area contributed by atoms with Gasteiger partial charge in [0.2, 0.25) is 11.7 Å². The fraction of sp³-hybridized carbons (Fsp3) is 0.500. The number of benzene rings is 1. The molecule has 174 valence electrons. The van der Waals surface area contributed by atoms with Gasteiger partial charge in [0, 0.05) is 56.7 Å². The van der Waals surface area contributed by atoms with Gasteiger partial charge in [-0.25, -0.2) is 4.98 Å². The molecule has 0 unspecified atom stereocenters. The number of hydrogen-bond donors (Lipinski definition) is 0. The van der Waals surface area contributed by atoms with Crippen LogP contribution in [0.5, 0.6) is 0 Å². The Morgan fingerprint density at radius 2 is 1.85 bits per heavy atom. The van der Waals surface area contributed by atoms with Crippen molar-refractivity contribution in [2.24, 2.45) is 5.92 Å². The topological polar surface area (TPSA) is 61.5 Å². The Bertz CT molecular complexity index is 1070. The number of anilines is 2. The minimum Gasteiger partial charge on any atom is -0.369 e. The smallest absolute Gasteiger partial charge is 0.241 e. The fourth-order valence-corrected chi connectivity index (χ4v) is 4.94. The van der Waals surface area contributed by atoms with Crippen molar-refractivity contribution in [3.05, 3.63) is 53.5 Å². The van der Waals surface area contributed by atoms with Crippen molar-refractivity contribution in [2.75, 3.05) is 49.1 Å². The summed E-state index contributed by atoms with van der Waals surface area (Å²) in [5.41, 5.74) is 4.90. The second-order valence-corrected chi connectivity index (χ2v) is 9.66. The van der Waals surface area contributed by atoms with Crippen molar-refractivity contribution < 1.29 is 4.52 Å². The lowest BCUT2D eigenvalue weighted by atomic mass is 10.0. The van der Waals surface area contributed by atoms with Gasteiger partial charge in [-0.05, 0) is 61.9 Å². The van der Waals surface area contributed by atoms with Crippen LogP contribution in [0.4, 0.5) is 11.5 Å². The van der Waals surface area contributed by atoms with Crippen molar-refractivity contribution in [2.45, 2.75) is 40.2 Å². The summed E-state index contributed by atoms with van der Waals surface area (Å²) >= 11 is 0. The summed E-state index contributed by atoms with van der Waals surface area (Å²) < 4.78 is 5.57. The van der Waals surface area contributed by atoms with Gasteiger partial charge >= 0.3 is 0 Å². The Hall–Kier alpha value is -2.93. The molecule has 2 saturated heterocycles. The first-order valence-electron chi connectivity index (χ1n) is 12.1. The van der Waals surface area contributed by atoms with Crippen LogP contribution in [-0.2, 0) is 6.54 Å². The third kappa shape index (κ3) is 5.03. The number of pyridine rings is 1. The van der Waals surface area contributed by atoms with Crippen molar-refractivity contribution >= 4 is 11.5 Å². The van der Waals surface area contributed by atoms with E-state index in [2.05, 4.69) is 80.9 Å². The predicted octanol–water partition coefficient (Wildman–Crippen LogP) is 4.31. The average Bonchev–Trinajstić information content (AvgIpc) is 3.30. The van der Waals surface area contributed by atoms with E-state index in [9.17, 15) is 0 Å². The van der Waals surface area contributed by atoms with Crippen LogP contribution in [0.2, 0.25) is 0 Å².